The predicted octanol–water partition coefficient (Wildman–Crippen LogP) is 1.70. The molecule has 0 spiro atoms. The Morgan fingerprint density at radius 2 is 2.14 bits per heavy atom. The minimum atomic E-state index is 0. The molecule has 0 aromatic carbocycles. The van der Waals surface area contributed by atoms with Gasteiger partial charge in [0.2, 0.25) is 0 Å². The van der Waals surface area contributed by atoms with E-state index in [1.807, 2.05) is 0 Å². The van der Waals surface area contributed by atoms with Crippen LogP contribution in [0.15, 0.2) is 0 Å². The van der Waals surface area contributed by atoms with Crippen LogP contribution in [0.2, 0.25) is 0 Å². The fourth-order valence-corrected chi connectivity index (χ4v) is 2.04. The summed E-state index contributed by atoms with van der Waals surface area (Å²) in [6.45, 7) is 3.94. The smallest absolute Gasteiger partial charge is 0.110 e. The third-order valence-electron chi connectivity index (χ3n) is 2.77. The summed E-state index contributed by atoms with van der Waals surface area (Å²) in [4.78, 5) is 0. The lowest BCUT2D eigenvalue weighted by Gasteiger charge is -2.24. The van der Waals surface area contributed by atoms with Crippen molar-refractivity contribution in [1.29, 1.82) is 0 Å². The normalized spacial score (nSPS) is 37.9. The minimum absolute atomic E-state index is 0. The molecule has 2 aliphatic heterocycles. The predicted molar refractivity (Wildman–Crippen MR) is 57.8 cm³/mol. The van der Waals surface area contributed by atoms with Gasteiger partial charge in [-0.25, -0.2) is 0 Å². The first-order chi connectivity index (χ1) is 6.34. The summed E-state index contributed by atoms with van der Waals surface area (Å²) in [5.41, 5.74) is 0. The van der Waals surface area contributed by atoms with Gasteiger partial charge in [0.25, 0.3) is 0 Å². The highest BCUT2D eigenvalue weighted by Crippen LogP contribution is 2.19. The zero-order valence-corrected chi connectivity index (χ0v) is 9.52. The molecule has 4 heteroatoms. The summed E-state index contributed by atoms with van der Waals surface area (Å²) in [6.07, 6.45) is 5.42. The van der Waals surface area contributed by atoms with Crippen LogP contribution in [0.1, 0.15) is 32.6 Å². The molecule has 0 aromatic heterocycles. The molecule has 0 aromatic rings. The van der Waals surface area contributed by atoms with Gasteiger partial charge in [-0.2, -0.15) is 0 Å². The molecule has 0 saturated carbocycles. The average Bonchev–Trinajstić information content (AvgIpc) is 2.53. The number of nitrogens with one attached hydrogen (secondary N) is 1. The van der Waals surface area contributed by atoms with Gasteiger partial charge in [-0.15, -0.1) is 12.4 Å². The van der Waals surface area contributed by atoms with Crippen molar-refractivity contribution < 1.29 is 9.47 Å². The van der Waals surface area contributed by atoms with Crippen LogP contribution >= 0.6 is 12.4 Å². The van der Waals surface area contributed by atoms with Crippen molar-refractivity contribution in [3.8, 4) is 0 Å². The Bertz CT molecular complexity index is 159. The van der Waals surface area contributed by atoms with E-state index in [1.54, 1.807) is 0 Å². The number of rotatable bonds is 2. The number of hydrogen-bond acceptors (Lipinski definition) is 3. The highest BCUT2D eigenvalue weighted by Gasteiger charge is 2.25. The fourth-order valence-electron chi connectivity index (χ4n) is 2.04. The molecule has 2 heterocycles. The first-order valence-corrected chi connectivity index (χ1v) is 5.34. The van der Waals surface area contributed by atoms with Gasteiger partial charge in [-0.05, 0) is 26.2 Å². The molecule has 14 heavy (non-hydrogen) atoms. The molecule has 3 atom stereocenters. The molecule has 3 nitrogen and oxygen atoms in total. The van der Waals surface area contributed by atoms with E-state index in [4.69, 9.17) is 9.47 Å². The maximum atomic E-state index is 5.66. The van der Waals surface area contributed by atoms with E-state index in [2.05, 4.69) is 12.2 Å². The maximum Gasteiger partial charge on any atom is 0.110 e. The van der Waals surface area contributed by atoms with Crippen molar-refractivity contribution >= 4 is 12.4 Å². The Morgan fingerprint density at radius 1 is 1.29 bits per heavy atom. The maximum absolute atomic E-state index is 5.66. The lowest BCUT2D eigenvalue weighted by atomic mass is 10.1. The summed E-state index contributed by atoms with van der Waals surface area (Å²) in [5, 5.41) is 3.40. The van der Waals surface area contributed by atoms with Gasteiger partial charge in [0.1, 0.15) is 6.23 Å². The highest BCUT2D eigenvalue weighted by molar-refractivity contribution is 5.85. The molecule has 1 N–H and O–H groups in total. The second kappa shape index (κ2) is 5.91. The molecule has 2 fully saturated rings. The van der Waals surface area contributed by atoms with Crippen LogP contribution in [0.25, 0.3) is 0 Å². The van der Waals surface area contributed by atoms with Crippen molar-refractivity contribution in [3.05, 3.63) is 0 Å². The van der Waals surface area contributed by atoms with Gasteiger partial charge in [-0.1, -0.05) is 0 Å². The molecule has 84 valence electrons. The minimum Gasteiger partial charge on any atom is -0.378 e. The van der Waals surface area contributed by atoms with Gasteiger partial charge in [0.15, 0.2) is 0 Å². The number of ether oxygens (including phenoxy) is 2. The molecular weight excluding hydrogens is 202 g/mol. The average molecular weight is 222 g/mol. The molecular formula is C10H20ClNO2. The van der Waals surface area contributed by atoms with Crippen LogP contribution in [-0.4, -0.2) is 31.6 Å². The van der Waals surface area contributed by atoms with Crippen LogP contribution in [0.4, 0.5) is 0 Å². The van der Waals surface area contributed by atoms with Crippen LogP contribution in [0.3, 0.4) is 0 Å². The van der Waals surface area contributed by atoms with Crippen molar-refractivity contribution in [2.75, 3.05) is 13.2 Å². The lowest BCUT2D eigenvalue weighted by molar-refractivity contribution is -0.0247. The Hall–Kier alpha value is 0.170. The van der Waals surface area contributed by atoms with Crippen molar-refractivity contribution in [2.24, 2.45) is 0 Å². The standard InChI is InChI=1S/C10H19NO2.ClH/c1-8-7-13-10(11-8)6-9-4-2-3-5-12-9;/h8-11H,2-7H2,1H3;1H. The first-order valence-electron chi connectivity index (χ1n) is 5.34. The van der Waals surface area contributed by atoms with Crippen molar-refractivity contribution in [2.45, 2.75) is 51.0 Å². The second-order valence-electron chi connectivity index (χ2n) is 4.11. The quantitative estimate of drug-likeness (QED) is 0.770. The van der Waals surface area contributed by atoms with Gasteiger partial charge >= 0.3 is 0 Å². The van der Waals surface area contributed by atoms with Crippen molar-refractivity contribution in [1.82, 2.24) is 5.32 Å². The van der Waals surface area contributed by atoms with E-state index < -0.39 is 0 Å². The zero-order valence-electron chi connectivity index (χ0n) is 8.70. The molecule has 2 rings (SSSR count). The molecule has 2 saturated heterocycles. The summed E-state index contributed by atoms with van der Waals surface area (Å²) in [6, 6.07) is 0.508. The van der Waals surface area contributed by atoms with Crippen LogP contribution in [-0.2, 0) is 9.47 Å². The van der Waals surface area contributed by atoms with Gasteiger partial charge < -0.3 is 9.47 Å². The van der Waals surface area contributed by atoms with Gasteiger partial charge in [0.05, 0.1) is 12.7 Å². The Labute approximate surface area is 91.9 Å². The Balaban J connectivity index is 0.000000980. The first kappa shape index (κ1) is 12.2. The van der Waals surface area contributed by atoms with E-state index in [1.165, 1.54) is 19.3 Å². The van der Waals surface area contributed by atoms with Crippen molar-refractivity contribution in [3.63, 3.8) is 0 Å². The van der Waals surface area contributed by atoms with E-state index in [0.29, 0.717) is 12.1 Å². The highest BCUT2D eigenvalue weighted by atomic mass is 35.5. The monoisotopic (exact) mass is 221 g/mol. The SMILES string of the molecule is CC1COC(CC2CCCCO2)N1.Cl. The Kier molecular flexibility index (Phi) is 5.17. The fraction of sp³-hybridized carbons (Fsp3) is 1.00. The van der Waals surface area contributed by atoms with Gasteiger partial charge in [-0.3, -0.25) is 5.32 Å². The molecule has 0 bridgehead atoms. The summed E-state index contributed by atoms with van der Waals surface area (Å²) < 4.78 is 11.2. The topological polar surface area (TPSA) is 30.5 Å². The Morgan fingerprint density at radius 3 is 2.71 bits per heavy atom. The van der Waals surface area contributed by atoms with Gasteiger partial charge in [0, 0.05) is 19.1 Å². The van der Waals surface area contributed by atoms with Crippen LogP contribution < -0.4 is 5.32 Å². The largest absolute Gasteiger partial charge is 0.378 e. The van der Waals surface area contributed by atoms with E-state index >= 15 is 0 Å². The molecule has 2 aliphatic rings. The van der Waals surface area contributed by atoms with E-state index in [0.717, 1.165) is 19.6 Å². The molecule has 0 aliphatic carbocycles. The summed E-state index contributed by atoms with van der Waals surface area (Å²) in [5.74, 6) is 0. The summed E-state index contributed by atoms with van der Waals surface area (Å²) in [7, 11) is 0. The van der Waals surface area contributed by atoms with E-state index in [-0.39, 0.29) is 18.6 Å². The summed E-state index contributed by atoms with van der Waals surface area (Å²) >= 11 is 0. The lowest BCUT2D eigenvalue weighted by Crippen LogP contribution is -2.33. The van der Waals surface area contributed by atoms with Crippen LogP contribution in [0.5, 0.6) is 0 Å². The molecule has 0 radical (unpaired) electrons. The zero-order chi connectivity index (χ0) is 9.10. The number of hydrogen-bond donors (Lipinski definition) is 1. The third-order valence-corrected chi connectivity index (χ3v) is 2.77. The third kappa shape index (κ3) is 3.39. The van der Waals surface area contributed by atoms with Crippen LogP contribution in [0, 0.1) is 0 Å². The number of halogens is 1. The molecule has 0 amide bonds. The van der Waals surface area contributed by atoms with E-state index in [9.17, 15) is 0 Å². The molecule has 3 unspecified atom stereocenters. The second-order valence-corrected chi connectivity index (χ2v) is 4.11.